The molecule has 0 bridgehead atoms. The van der Waals surface area contributed by atoms with Crippen LogP contribution in [0.4, 0.5) is 0 Å². The molecule has 0 rings (SSSR count). The maximum Gasteiger partial charge on any atom is -0.0201 e. The summed E-state index contributed by atoms with van der Waals surface area (Å²) in [5.41, 5.74) is 1.88. The Bertz CT molecular complexity index is 148. The first-order chi connectivity index (χ1) is 5.90. The van der Waals surface area contributed by atoms with Gasteiger partial charge in [-0.2, -0.15) is 0 Å². The standard InChI is InChI=1S/C13H26/c1-7-9-12(11(3)8-2)10-13(4,5)6/h12H,3,7-10H2,1-2,4-6H3. The molecular formula is C13H26. The minimum Gasteiger partial charge on any atom is -0.0996 e. The second-order valence-electron chi connectivity index (χ2n) is 5.26. The fraction of sp³-hybridized carbons (Fsp3) is 0.846. The first-order valence-corrected chi connectivity index (χ1v) is 5.58. The van der Waals surface area contributed by atoms with Gasteiger partial charge >= 0.3 is 0 Å². The average Bonchev–Trinajstić information content (AvgIpc) is 2.00. The number of allylic oxidation sites excluding steroid dienone is 1. The predicted molar refractivity (Wildman–Crippen MR) is 61.9 cm³/mol. The van der Waals surface area contributed by atoms with Crippen LogP contribution >= 0.6 is 0 Å². The van der Waals surface area contributed by atoms with Crippen LogP contribution in [-0.4, -0.2) is 0 Å². The topological polar surface area (TPSA) is 0 Å². The highest BCUT2D eigenvalue weighted by molar-refractivity contribution is 5.00. The van der Waals surface area contributed by atoms with Crippen molar-refractivity contribution >= 4 is 0 Å². The molecule has 0 heterocycles. The van der Waals surface area contributed by atoms with Crippen LogP contribution < -0.4 is 0 Å². The van der Waals surface area contributed by atoms with Crippen LogP contribution in [0.25, 0.3) is 0 Å². The van der Waals surface area contributed by atoms with Gasteiger partial charge in [0.25, 0.3) is 0 Å². The minimum absolute atomic E-state index is 0.442. The molecule has 0 spiro atoms. The Morgan fingerprint density at radius 2 is 1.77 bits per heavy atom. The van der Waals surface area contributed by atoms with Gasteiger partial charge in [-0.05, 0) is 30.6 Å². The largest absolute Gasteiger partial charge is 0.0996 e. The Morgan fingerprint density at radius 3 is 2.08 bits per heavy atom. The molecule has 0 N–H and O–H groups in total. The second kappa shape index (κ2) is 5.47. The molecular weight excluding hydrogens is 156 g/mol. The van der Waals surface area contributed by atoms with E-state index in [4.69, 9.17) is 0 Å². The summed E-state index contributed by atoms with van der Waals surface area (Å²) in [6.45, 7) is 15.6. The van der Waals surface area contributed by atoms with Crippen molar-refractivity contribution < 1.29 is 0 Å². The van der Waals surface area contributed by atoms with Crippen LogP contribution in [-0.2, 0) is 0 Å². The molecule has 0 saturated heterocycles. The normalized spacial score (nSPS) is 14.2. The zero-order chi connectivity index (χ0) is 10.5. The van der Waals surface area contributed by atoms with E-state index in [-0.39, 0.29) is 0 Å². The second-order valence-corrected chi connectivity index (χ2v) is 5.26. The lowest BCUT2D eigenvalue weighted by atomic mass is 9.79. The monoisotopic (exact) mass is 182 g/mol. The quantitative estimate of drug-likeness (QED) is 0.535. The average molecular weight is 182 g/mol. The molecule has 0 nitrogen and oxygen atoms in total. The third kappa shape index (κ3) is 5.90. The summed E-state index contributed by atoms with van der Waals surface area (Å²) in [5.74, 6) is 0.745. The predicted octanol–water partition coefficient (Wildman–Crippen LogP) is 4.81. The van der Waals surface area contributed by atoms with E-state index in [2.05, 4.69) is 41.2 Å². The van der Waals surface area contributed by atoms with Gasteiger partial charge in [0.05, 0.1) is 0 Å². The highest BCUT2D eigenvalue weighted by Crippen LogP contribution is 2.32. The van der Waals surface area contributed by atoms with Crippen molar-refractivity contribution in [2.24, 2.45) is 11.3 Å². The smallest absolute Gasteiger partial charge is 0.0201 e. The Kier molecular flexibility index (Phi) is 5.36. The van der Waals surface area contributed by atoms with Gasteiger partial charge < -0.3 is 0 Å². The third-order valence-corrected chi connectivity index (χ3v) is 2.53. The van der Waals surface area contributed by atoms with Crippen LogP contribution in [0.15, 0.2) is 12.2 Å². The van der Waals surface area contributed by atoms with Crippen LogP contribution in [0, 0.1) is 11.3 Å². The van der Waals surface area contributed by atoms with Crippen LogP contribution in [0.3, 0.4) is 0 Å². The zero-order valence-electron chi connectivity index (χ0n) is 10.1. The lowest BCUT2D eigenvalue weighted by Crippen LogP contribution is -2.14. The molecule has 0 fully saturated rings. The summed E-state index contributed by atoms with van der Waals surface area (Å²) in [6.07, 6.45) is 5.01. The highest BCUT2D eigenvalue weighted by Gasteiger charge is 2.19. The van der Waals surface area contributed by atoms with Crippen LogP contribution in [0.5, 0.6) is 0 Å². The Labute approximate surface area is 84.4 Å². The summed E-state index contributed by atoms with van der Waals surface area (Å²) in [7, 11) is 0. The van der Waals surface area contributed by atoms with Crippen molar-refractivity contribution in [2.75, 3.05) is 0 Å². The molecule has 78 valence electrons. The molecule has 0 aliphatic heterocycles. The molecule has 0 amide bonds. The lowest BCUT2D eigenvalue weighted by Gasteiger charge is -2.27. The number of hydrogen-bond acceptors (Lipinski definition) is 0. The molecule has 0 aliphatic carbocycles. The van der Waals surface area contributed by atoms with Gasteiger partial charge in [0.2, 0.25) is 0 Å². The maximum atomic E-state index is 4.18. The fourth-order valence-corrected chi connectivity index (χ4v) is 1.83. The molecule has 1 unspecified atom stereocenters. The summed E-state index contributed by atoms with van der Waals surface area (Å²) in [4.78, 5) is 0. The van der Waals surface area contributed by atoms with E-state index in [1.807, 2.05) is 0 Å². The molecule has 0 aromatic rings. The SMILES string of the molecule is C=C(CC)C(CCC)CC(C)(C)C. The van der Waals surface area contributed by atoms with Gasteiger partial charge in [-0.3, -0.25) is 0 Å². The van der Waals surface area contributed by atoms with Crippen molar-refractivity contribution in [3.63, 3.8) is 0 Å². The molecule has 0 saturated carbocycles. The molecule has 0 aromatic heterocycles. The molecule has 0 radical (unpaired) electrons. The Morgan fingerprint density at radius 1 is 1.23 bits per heavy atom. The minimum atomic E-state index is 0.442. The Hall–Kier alpha value is -0.260. The van der Waals surface area contributed by atoms with Crippen molar-refractivity contribution in [3.8, 4) is 0 Å². The van der Waals surface area contributed by atoms with E-state index in [1.165, 1.54) is 24.8 Å². The van der Waals surface area contributed by atoms with Crippen molar-refractivity contribution in [1.82, 2.24) is 0 Å². The van der Waals surface area contributed by atoms with Gasteiger partial charge in [0, 0.05) is 0 Å². The number of rotatable bonds is 5. The first-order valence-electron chi connectivity index (χ1n) is 5.58. The molecule has 0 heteroatoms. The molecule has 0 aliphatic rings. The van der Waals surface area contributed by atoms with Crippen molar-refractivity contribution in [1.29, 1.82) is 0 Å². The summed E-state index contributed by atoms with van der Waals surface area (Å²) in [5, 5.41) is 0. The van der Waals surface area contributed by atoms with E-state index in [0.29, 0.717) is 5.41 Å². The van der Waals surface area contributed by atoms with Crippen molar-refractivity contribution in [2.45, 2.75) is 60.3 Å². The zero-order valence-corrected chi connectivity index (χ0v) is 10.1. The Balaban J connectivity index is 4.17. The van der Waals surface area contributed by atoms with Crippen LogP contribution in [0.2, 0.25) is 0 Å². The molecule has 1 atom stereocenters. The lowest BCUT2D eigenvalue weighted by molar-refractivity contribution is 0.304. The molecule has 13 heavy (non-hydrogen) atoms. The summed E-state index contributed by atoms with van der Waals surface area (Å²) in [6, 6.07) is 0. The molecule has 0 aromatic carbocycles. The van der Waals surface area contributed by atoms with E-state index in [9.17, 15) is 0 Å². The van der Waals surface area contributed by atoms with Gasteiger partial charge in [-0.15, -0.1) is 0 Å². The summed E-state index contributed by atoms with van der Waals surface area (Å²) < 4.78 is 0. The van der Waals surface area contributed by atoms with E-state index in [0.717, 1.165) is 12.3 Å². The van der Waals surface area contributed by atoms with E-state index >= 15 is 0 Å². The van der Waals surface area contributed by atoms with E-state index < -0.39 is 0 Å². The summed E-state index contributed by atoms with van der Waals surface area (Å²) >= 11 is 0. The van der Waals surface area contributed by atoms with Crippen molar-refractivity contribution in [3.05, 3.63) is 12.2 Å². The van der Waals surface area contributed by atoms with Gasteiger partial charge in [0.1, 0.15) is 0 Å². The van der Waals surface area contributed by atoms with E-state index in [1.54, 1.807) is 0 Å². The van der Waals surface area contributed by atoms with Gasteiger partial charge in [0.15, 0.2) is 0 Å². The number of hydrogen-bond donors (Lipinski definition) is 0. The third-order valence-electron chi connectivity index (χ3n) is 2.53. The fourth-order valence-electron chi connectivity index (χ4n) is 1.83. The first kappa shape index (κ1) is 12.7. The van der Waals surface area contributed by atoms with Gasteiger partial charge in [-0.1, -0.05) is 53.2 Å². The highest BCUT2D eigenvalue weighted by atomic mass is 14.2. The van der Waals surface area contributed by atoms with Gasteiger partial charge in [-0.25, -0.2) is 0 Å². The van der Waals surface area contributed by atoms with Crippen LogP contribution in [0.1, 0.15) is 60.3 Å². The maximum absolute atomic E-state index is 4.18.